The maximum absolute atomic E-state index is 14.5. The van der Waals surface area contributed by atoms with Crippen LogP contribution >= 0.6 is 11.3 Å². The quantitative estimate of drug-likeness (QED) is 0.107. The monoisotopic (exact) mass is 624 g/mol. The lowest BCUT2D eigenvalue weighted by Gasteiger charge is -2.15. The number of fused-ring (bicyclic) bond motifs is 1. The van der Waals surface area contributed by atoms with Crippen LogP contribution in [0.4, 0.5) is 33.3 Å². The molecule has 12 heteroatoms. The fourth-order valence-electron chi connectivity index (χ4n) is 5.68. The number of nitrogens with one attached hydrogen (secondary N) is 1. The molecule has 226 valence electrons. The van der Waals surface area contributed by atoms with Gasteiger partial charge in [0, 0.05) is 22.0 Å². The Labute approximate surface area is 253 Å². The number of halogens is 5. The standard InChI is InChI=1S/C32H25F5N4O2S/c1-15-13-18(14-21-16(2)39-41(31(21)43)29-27(36)25(34)24(33)26(35)28(29)37)17(3)40(15)32-23(20-11-7-8-12-22(20)44-32)30(42)38-19-9-5-4-6-10-19/h4-6,9-10,13-14H,7-8,11-12H2,1-3H3,(H,38,42)/b21-14+. The lowest BCUT2D eigenvalue weighted by atomic mass is 9.95. The molecule has 6 rings (SSSR count). The van der Waals surface area contributed by atoms with E-state index in [0.29, 0.717) is 22.5 Å². The molecule has 2 aromatic heterocycles. The van der Waals surface area contributed by atoms with E-state index >= 15 is 0 Å². The molecule has 0 saturated carbocycles. The molecule has 4 aromatic rings. The summed E-state index contributed by atoms with van der Waals surface area (Å²) in [5.41, 5.74) is 2.76. The fourth-order valence-corrected chi connectivity index (χ4v) is 7.17. The summed E-state index contributed by atoms with van der Waals surface area (Å²) in [6, 6.07) is 10.9. The van der Waals surface area contributed by atoms with E-state index in [4.69, 9.17) is 0 Å². The highest BCUT2D eigenvalue weighted by Crippen LogP contribution is 2.40. The molecule has 0 fully saturated rings. The largest absolute Gasteiger partial charge is 0.322 e. The van der Waals surface area contributed by atoms with Crippen molar-refractivity contribution in [3.05, 3.63) is 104 Å². The van der Waals surface area contributed by atoms with Crippen molar-refractivity contribution < 1.29 is 31.5 Å². The number of rotatable bonds is 5. The van der Waals surface area contributed by atoms with Crippen LogP contribution in [-0.4, -0.2) is 22.1 Å². The third kappa shape index (κ3) is 4.73. The lowest BCUT2D eigenvalue weighted by Crippen LogP contribution is -2.25. The number of thiophene rings is 1. The van der Waals surface area contributed by atoms with E-state index in [1.54, 1.807) is 17.4 Å². The minimum absolute atomic E-state index is 0.0262. The Balaban J connectivity index is 1.41. The first kappa shape index (κ1) is 29.5. The van der Waals surface area contributed by atoms with Crippen molar-refractivity contribution in [2.45, 2.75) is 46.5 Å². The number of benzene rings is 2. The first-order valence-electron chi connectivity index (χ1n) is 13.8. The number of aromatic nitrogens is 1. The summed E-state index contributed by atoms with van der Waals surface area (Å²) >= 11 is 1.54. The molecule has 0 radical (unpaired) electrons. The minimum atomic E-state index is -2.33. The van der Waals surface area contributed by atoms with Crippen LogP contribution in [0.25, 0.3) is 11.1 Å². The second-order valence-electron chi connectivity index (χ2n) is 10.7. The number of aryl methyl sites for hydroxylation is 2. The van der Waals surface area contributed by atoms with E-state index in [0.717, 1.165) is 46.8 Å². The molecular weight excluding hydrogens is 599 g/mol. The lowest BCUT2D eigenvalue weighted by molar-refractivity contribution is -0.114. The summed E-state index contributed by atoms with van der Waals surface area (Å²) in [4.78, 5) is 28.1. The van der Waals surface area contributed by atoms with E-state index in [-0.39, 0.29) is 22.2 Å². The van der Waals surface area contributed by atoms with Crippen molar-refractivity contribution >= 4 is 46.3 Å². The van der Waals surface area contributed by atoms with E-state index in [2.05, 4.69) is 10.4 Å². The highest BCUT2D eigenvalue weighted by Gasteiger charge is 2.37. The molecule has 2 amide bonds. The summed E-state index contributed by atoms with van der Waals surface area (Å²) in [5.74, 6) is -12.3. The van der Waals surface area contributed by atoms with Gasteiger partial charge in [0.05, 0.1) is 16.8 Å². The topological polar surface area (TPSA) is 66.7 Å². The summed E-state index contributed by atoms with van der Waals surface area (Å²) in [6.45, 7) is 5.06. The zero-order chi connectivity index (χ0) is 31.4. The second kappa shape index (κ2) is 11.2. The summed E-state index contributed by atoms with van der Waals surface area (Å²) in [6.07, 6.45) is 5.09. The predicted octanol–water partition coefficient (Wildman–Crippen LogP) is 7.79. The maximum Gasteiger partial charge on any atom is 0.280 e. The van der Waals surface area contributed by atoms with Gasteiger partial charge in [0.1, 0.15) is 10.7 Å². The smallest absolute Gasteiger partial charge is 0.280 e. The van der Waals surface area contributed by atoms with Crippen LogP contribution in [0.1, 0.15) is 57.5 Å². The number of amides is 2. The predicted molar refractivity (Wildman–Crippen MR) is 159 cm³/mol. The number of carbonyl (C=O) groups is 2. The molecule has 6 nitrogen and oxygen atoms in total. The number of anilines is 2. The van der Waals surface area contributed by atoms with Crippen LogP contribution in [0.5, 0.6) is 0 Å². The van der Waals surface area contributed by atoms with E-state index in [9.17, 15) is 31.5 Å². The van der Waals surface area contributed by atoms with Gasteiger partial charge in [-0.25, -0.2) is 22.0 Å². The molecule has 0 bridgehead atoms. The number of carbonyl (C=O) groups excluding carboxylic acids is 2. The first-order chi connectivity index (χ1) is 21.0. The van der Waals surface area contributed by atoms with Crippen molar-refractivity contribution in [1.29, 1.82) is 0 Å². The highest BCUT2D eigenvalue weighted by molar-refractivity contribution is 7.15. The number of nitrogens with zero attached hydrogens (tertiary/aromatic N) is 3. The molecule has 1 aliphatic carbocycles. The molecule has 2 aliphatic rings. The molecule has 1 aliphatic heterocycles. The van der Waals surface area contributed by atoms with E-state index < -0.39 is 40.7 Å². The summed E-state index contributed by atoms with van der Waals surface area (Å²) in [7, 11) is 0. The highest BCUT2D eigenvalue weighted by atomic mass is 32.1. The minimum Gasteiger partial charge on any atom is -0.322 e. The van der Waals surface area contributed by atoms with Crippen molar-refractivity contribution in [3.63, 3.8) is 0 Å². The van der Waals surface area contributed by atoms with Gasteiger partial charge in [-0.2, -0.15) is 10.1 Å². The zero-order valence-electron chi connectivity index (χ0n) is 23.8. The number of hydrogen-bond donors (Lipinski definition) is 1. The van der Waals surface area contributed by atoms with Crippen LogP contribution in [0.3, 0.4) is 0 Å². The average Bonchev–Trinajstić information content (AvgIpc) is 3.61. The normalized spacial score (nSPS) is 15.6. The number of para-hydroxylation sites is 1. The molecule has 2 aromatic carbocycles. The van der Waals surface area contributed by atoms with E-state index in [1.807, 2.05) is 48.7 Å². The molecular formula is C32H25F5N4O2S. The van der Waals surface area contributed by atoms with Gasteiger partial charge >= 0.3 is 0 Å². The van der Waals surface area contributed by atoms with Crippen LogP contribution < -0.4 is 10.3 Å². The second-order valence-corrected chi connectivity index (χ2v) is 11.7. The Morgan fingerprint density at radius 2 is 1.57 bits per heavy atom. The van der Waals surface area contributed by atoms with Crippen molar-refractivity contribution in [2.75, 3.05) is 10.3 Å². The summed E-state index contributed by atoms with van der Waals surface area (Å²) < 4.78 is 72.4. The van der Waals surface area contributed by atoms with Crippen molar-refractivity contribution in [1.82, 2.24) is 4.57 Å². The Hall–Kier alpha value is -4.58. The van der Waals surface area contributed by atoms with Crippen LogP contribution in [0.2, 0.25) is 0 Å². The van der Waals surface area contributed by atoms with Gasteiger partial charge in [0.15, 0.2) is 23.3 Å². The van der Waals surface area contributed by atoms with Gasteiger partial charge in [-0.3, -0.25) is 9.59 Å². The third-order valence-electron chi connectivity index (χ3n) is 7.85. The molecule has 44 heavy (non-hydrogen) atoms. The average molecular weight is 625 g/mol. The Bertz CT molecular complexity index is 1900. The van der Waals surface area contributed by atoms with Crippen LogP contribution in [-0.2, 0) is 17.6 Å². The summed E-state index contributed by atoms with van der Waals surface area (Å²) in [5, 5.41) is 7.75. The van der Waals surface area contributed by atoms with Gasteiger partial charge in [0.2, 0.25) is 5.82 Å². The number of hydrogen-bond acceptors (Lipinski definition) is 4. The van der Waals surface area contributed by atoms with Gasteiger partial charge in [0.25, 0.3) is 11.8 Å². The molecule has 0 saturated heterocycles. The van der Waals surface area contributed by atoms with Gasteiger partial charge in [-0.15, -0.1) is 11.3 Å². The van der Waals surface area contributed by atoms with Crippen LogP contribution in [0.15, 0.2) is 47.1 Å². The van der Waals surface area contributed by atoms with Crippen LogP contribution in [0, 0.1) is 42.9 Å². The zero-order valence-corrected chi connectivity index (χ0v) is 24.6. The van der Waals surface area contributed by atoms with Crippen molar-refractivity contribution in [3.8, 4) is 5.00 Å². The fraction of sp³-hybridized carbons (Fsp3) is 0.219. The van der Waals surface area contributed by atoms with Gasteiger partial charge in [-0.1, -0.05) is 18.2 Å². The SMILES string of the molecule is CC1=NN(c2c(F)c(F)c(F)c(F)c2F)C(=O)/C1=C/c1cc(C)n(-c2sc3c(c2C(=O)Nc2ccccc2)CCCC3)c1C. The van der Waals surface area contributed by atoms with E-state index in [1.165, 1.54) is 13.0 Å². The molecule has 0 atom stereocenters. The van der Waals surface area contributed by atoms with Gasteiger partial charge < -0.3 is 9.88 Å². The third-order valence-corrected chi connectivity index (χ3v) is 9.12. The molecule has 0 unspecified atom stereocenters. The Morgan fingerprint density at radius 1 is 0.932 bits per heavy atom. The van der Waals surface area contributed by atoms with Gasteiger partial charge in [-0.05, 0) is 81.9 Å². The van der Waals surface area contributed by atoms with Crippen molar-refractivity contribution in [2.24, 2.45) is 5.10 Å². The Kier molecular flexibility index (Phi) is 7.48. The Morgan fingerprint density at radius 3 is 2.25 bits per heavy atom. The first-order valence-corrected chi connectivity index (χ1v) is 14.6. The molecule has 0 spiro atoms. The maximum atomic E-state index is 14.5. The number of hydrazone groups is 1. The molecule has 1 N–H and O–H groups in total. The molecule has 3 heterocycles.